The number of carboxylic acid groups (broad SMARTS) is 1. The molecule has 1 rings (SSSR count). The highest BCUT2D eigenvalue weighted by Crippen LogP contribution is 2.15. The molecule has 5 heteroatoms. The molecule has 0 spiro atoms. The maximum atomic E-state index is 11.8. The van der Waals surface area contributed by atoms with E-state index in [1.807, 2.05) is 37.3 Å². The number of nitrogens with one attached hydrogen (secondary N) is 2. The zero-order valence-electron chi connectivity index (χ0n) is 11.9. The summed E-state index contributed by atoms with van der Waals surface area (Å²) in [5, 5.41) is 14.3. The van der Waals surface area contributed by atoms with Crippen LogP contribution in [0.2, 0.25) is 0 Å². The van der Waals surface area contributed by atoms with Gasteiger partial charge in [0.25, 0.3) is 0 Å². The fourth-order valence-electron chi connectivity index (χ4n) is 1.95. The van der Waals surface area contributed by atoms with Crippen molar-refractivity contribution in [1.82, 2.24) is 10.6 Å². The Morgan fingerprint density at radius 1 is 1.25 bits per heavy atom. The van der Waals surface area contributed by atoms with E-state index >= 15 is 0 Å². The first-order valence-electron chi connectivity index (χ1n) is 6.84. The molecule has 0 radical (unpaired) electrons. The van der Waals surface area contributed by atoms with Crippen LogP contribution in [0.1, 0.15) is 38.3 Å². The van der Waals surface area contributed by atoms with Crippen molar-refractivity contribution in [1.29, 1.82) is 0 Å². The normalized spacial score (nSPS) is 13.3. The molecule has 1 aromatic rings. The number of urea groups is 1. The highest BCUT2D eigenvalue weighted by Gasteiger charge is 2.13. The Hall–Kier alpha value is -2.04. The fourth-order valence-corrected chi connectivity index (χ4v) is 1.95. The number of rotatable bonds is 7. The monoisotopic (exact) mass is 278 g/mol. The summed E-state index contributed by atoms with van der Waals surface area (Å²) in [7, 11) is 0. The van der Waals surface area contributed by atoms with Crippen molar-refractivity contribution < 1.29 is 14.7 Å². The van der Waals surface area contributed by atoms with E-state index in [2.05, 4.69) is 10.6 Å². The summed E-state index contributed by atoms with van der Waals surface area (Å²) < 4.78 is 0. The van der Waals surface area contributed by atoms with Crippen LogP contribution in [0.15, 0.2) is 30.3 Å². The molecular weight excluding hydrogens is 256 g/mol. The lowest BCUT2D eigenvalue weighted by Gasteiger charge is -2.18. The van der Waals surface area contributed by atoms with Gasteiger partial charge < -0.3 is 15.7 Å². The van der Waals surface area contributed by atoms with Gasteiger partial charge in [0.1, 0.15) is 0 Å². The van der Waals surface area contributed by atoms with Crippen molar-refractivity contribution in [3.05, 3.63) is 35.9 Å². The standard InChI is InChI=1S/C15H22N2O3/c1-3-13(12-7-5-4-6-8-12)17-15(20)16-10-11(2)9-14(18)19/h4-8,11,13H,3,9-10H2,1-2H3,(H,18,19)(H2,16,17,20). The van der Waals surface area contributed by atoms with E-state index in [1.165, 1.54) is 0 Å². The quantitative estimate of drug-likeness (QED) is 0.717. The van der Waals surface area contributed by atoms with Gasteiger partial charge in [0.05, 0.1) is 6.04 Å². The Morgan fingerprint density at radius 3 is 2.45 bits per heavy atom. The summed E-state index contributed by atoms with van der Waals surface area (Å²) in [6.45, 7) is 4.15. The van der Waals surface area contributed by atoms with Crippen molar-refractivity contribution in [3.63, 3.8) is 0 Å². The molecule has 2 unspecified atom stereocenters. The second kappa shape index (κ2) is 8.19. The van der Waals surface area contributed by atoms with Crippen LogP contribution in [0.4, 0.5) is 4.79 Å². The minimum atomic E-state index is -0.851. The van der Waals surface area contributed by atoms with Crippen LogP contribution in [0.5, 0.6) is 0 Å². The molecule has 0 aromatic heterocycles. The van der Waals surface area contributed by atoms with E-state index in [0.717, 1.165) is 12.0 Å². The summed E-state index contributed by atoms with van der Waals surface area (Å²) in [5.41, 5.74) is 1.06. The fraction of sp³-hybridized carbons (Fsp3) is 0.467. The smallest absolute Gasteiger partial charge is 0.315 e. The molecule has 0 fully saturated rings. The number of hydrogen-bond acceptors (Lipinski definition) is 2. The van der Waals surface area contributed by atoms with Crippen molar-refractivity contribution >= 4 is 12.0 Å². The molecule has 0 aliphatic rings. The largest absolute Gasteiger partial charge is 0.481 e. The molecule has 0 saturated carbocycles. The molecule has 0 aliphatic carbocycles. The average Bonchev–Trinajstić information content (AvgIpc) is 2.43. The zero-order valence-corrected chi connectivity index (χ0v) is 11.9. The number of carboxylic acids is 1. The van der Waals surface area contributed by atoms with Crippen molar-refractivity contribution in [3.8, 4) is 0 Å². The molecule has 0 aliphatic heterocycles. The Labute approximate surface area is 119 Å². The third-order valence-corrected chi connectivity index (χ3v) is 3.05. The molecule has 2 atom stereocenters. The van der Waals surface area contributed by atoms with Gasteiger partial charge >= 0.3 is 12.0 Å². The lowest BCUT2D eigenvalue weighted by Crippen LogP contribution is -2.40. The van der Waals surface area contributed by atoms with Crippen LogP contribution in [0, 0.1) is 5.92 Å². The Balaban J connectivity index is 2.42. The van der Waals surface area contributed by atoms with Gasteiger partial charge in [-0.15, -0.1) is 0 Å². The van der Waals surface area contributed by atoms with Gasteiger partial charge in [0, 0.05) is 13.0 Å². The highest BCUT2D eigenvalue weighted by molar-refractivity contribution is 5.74. The Bertz CT molecular complexity index is 434. The van der Waals surface area contributed by atoms with Crippen LogP contribution in [0.25, 0.3) is 0 Å². The first kappa shape index (κ1) is 16.0. The van der Waals surface area contributed by atoms with Gasteiger partial charge in [0.15, 0.2) is 0 Å². The number of carbonyl (C=O) groups is 2. The molecule has 1 aromatic carbocycles. The van der Waals surface area contributed by atoms with E-state index < -0.39 is 5.97 Å². The number of hydrogen-bond donors (Lipinski definition) is 3. The summed E-state index contributed by atoms with van der Waals surface area (Å²) in [6, 6.07) is 9.45. The first-order valence-corrected chi connectivity index (χ1v) is 6.84. The van der Waals surface area contributed by atoms with E-state index in [4.69, 9.17) is 5.11 Å². The Morgan fingerprint density at radius 2 is 1.90 bits per heavy atom. The maximum absolute atomic E-state index is 11.8. The van der Waals surface area contributed by atoms with Crippen LogP contribution < -0.4 is 10.6 Å². The van der Waals surface area contributed by atoms with Gasteiger partial charge in [-0.3, -0.25) is 4.79 Å². The number of carbonyl (C=O) groups excluding carboxylic acids is 1. The minimum Gasteiger partial charge on any atom is -0.481 e. The molecule has 0 heterocycles. The van der Waals surface area contributed by atoms with Crippen LogP contribution in [0.3, 0.4) is 0 Å². The molecule has 2 amide bonds. The van der Waals surface area contributed by atoms with E-state index in [9.17, 15) is 9.59 Å². The van der Waals surface area contributed by atoms with Crippen LogP contribution in [-0.2, 0) is 4.79 Å². The summed E-state index contributed by atoms with van der Waals surface area (Å²) in [6.07, 6.45) is 0.846. The highest BCUT2D eigenvalue weighted by atomic mass is 16.4. The van der Waals surface area contributed by atoms with Gasteiger partial charge in [-0.2, -0.15) is 0 Å². The molecule has 110 valence electrons. The minimum absolute atomic E-state index is 0.0361. The van der Waals surface area contributed by atoms with Gasteiger partial charge in [-0.1, -0.05) is 44.2 Å². The molecule has 0 bridgehead atoms. The van der Waals surface area contributed by atoms with Crippen molar-refractivity contribution in [2.75, 3.05) is 6.54 Å². The topological polar surface area (TPSA) is 78.4 Å². The first-order chi connectivity index (χ1) is 9.52. The SMILES string of the molecule is CCC(NC(=O)NCC(C)CC(=O)O)c1ccccc1. The zero-order chi connectivity index (χ0) is 15.0. The molecular formula is C15H22N2O3. The predicted octanol–water partition coefficient (Wildman–Crippen LogP) is 2.55. The second-order valence-electron chi connectivity index (χ2n) is 4.93. The molecule has 3 N–H and O–H groups in total. The van der Waals surface area contributed by atoms with Crippen molar-refractivity contribution in [2.24, 2.45) is 5.92 Å². The lowest BCUT2D eigenvalue weighted by atomic mass is 10.1. The maximum Gasteiger partial charge on any atom is 0.315 e. The molecule has 0 saturated heterocycles. The summed E-state index contributed by atoms with van der Waals surface area (Å²) >= 11 is 0. The molecule has 20 heavy (non-hydrogen) atoms. The third kappa shape index (κ3) is 5.73. The van der Waals surface area contributed by atoms with E-state index in [-0.39, 0.29) is 24.4 Å². The lowest BCUT2D eigenvalue weighted by molar-refractivity contribution is -0.137. The summed E-state index contributed by atoms with van der Waals surface area (Å²) in [5.74, 6) is -0.939. The number of benzene rings is 1. The average molecular weight is 278 g/mol. The predicted molar refractivity (Wildman–Crippen MR) is 77.4 cm³/mol. The van der Waals surface area contributed by atoms with Gasteiger partial charge in [0.2, 0.25) is 0 Å². The van der Waals surface area contributed by atoms with Crippen LogP contribution in [-0.4, -0.2) is 23.7 Å². The number of amides is 2. The Kier molecular flexibility index (Phi) is 6.56. The van der Waals surface area contributed by atoms with E-state index in [0.29, 0.717) is 6.54 Å². The number of aliphatic carboxylic acids is 1. The summed E-state index contributed by atoms with van der Waals surface area (Å²) in [4.78, 5) is 22.3. The van der Waals surface area contributed by atoms with Gasteiger partial charge in [-0.05, 0) is 17.9 Å². The van der Waals surface area contributed by atoms with E-state index in [1.54, 1.807) is 6.92 Å². The van der Waals surface area contributed by atoms with Crippen molar-refractivity contribution in [2.45, 2.75) is 32.7 Å². The second-order valence-corrected chi connectivity index (χ2v) is 4.93. The third-order valence-electron chi connectivity index (χ3n) is 3.05. The van der Waals surface area contributed by atoms with Crippen LogP contribution >= 0.6 is 0 Å². The van der Waals surface area contributed by atoms with Gasteiger partial charge in [-0.25, -0.2) is 4.79 Å². The molecule has 5 nitrogen and oxygen atoms in total.